The number of nitrogens with one attached hydrogen (secondary N) is 2. The average molecular weight is 202 g/mol. The lowest BCUT2D eigenvalue weighted by atomic mass is 10.1. The first kappa shape index (κ1) is 10.9. The molecule has 13 heavy (non-hydrogen) atoms. The van der Waals surface area contributed by atoms with E-state index in [9.17, 15) is 4.79 Å². The van der Waals surface area contributed by atoms with Gasteiger partial charge < -0.3 is 10.6 Å². The normalized spacial score (nSPS) is 25.2. The highest BCUT2D eigenvalue weighted by molar-refractivity contribution is 7.99. The minimum absolute atomic E-state index is 0.0614. The van der Waals surface area contributed by atoms with Gasteiger partial charge in [0.05, 0.1) is 6.04 Å². The molecule has 0 spiro atoms. The van der Waals surface area contributed by atoms with Crippen molar-refractivity contribution in [3.8, 4) is 0 Å². The molecular weight excluding hydrogens is 184 g/mol. The van der Waals surface area contributed by atoms with Gasteiger partial charge in [-0.1, -0.05) is 0 Å². The van der Waals surface area contributed by atoms with E-state index in [1.807, 2.05) is 18.7 Å². The Hall–Kier alpha value is -0.220. The van der Waals surface area contributed by atoms with Crippen LogP contribution in [0.1, 0.15) is 19.8 Å². The van der Waals surface area contributed by atoms with Crippen molar-refractivity contribution in [3.05, 3.63) is 0 Å². The third-order valence-corrected chi connectivity index (χ3v) is 3.50. The maximum absolute atomic E-state index is 11.2. The number of hydrogen-bond donors (Lipinski definition) is 2. The Labute approximate surface area is 84.0 Å². The Balaban J connectivity index is 2.25. The number of likely N-dealkylation sites (N-methyl/N-ethyl adjacent to an activating group) is 1. The van der Waals surface area contributed by atoms with Crippen LogP contribution in [0.2, 0.25) is 0 Å². The second-order valence-corrected chi connectivity index (χ2v) is 4.57. The molecule has 1 amide bonds. The third kappa shape index (κ3) is 3.56. The van der Waals surface area contributed by atoms with Gasteiger partial charge >= 0.3 is 0 Å². The molecule has 1 rings (SSSR count). The summed E-state index contributed by atoms with van der Waals surface area (Å²) in [6.07, 6.45) is 2.47. The standard InChI is InChI=1S/C9H18N2OS/c1-7(9(12)10-2)11-8-4-3-5-13-6-8/h7-8,11H,3-6H2,1-2H3,(H,10,12)/t7-,8+/m1/s1. The van der Waals surface area contributed by atoms with Gasteiger partial charge in [-0.05, 0) is 25.5 Å². The zero-order valence-electron chi connectivity index (χ0n) is 8.30. The summed E-state index contributed by atoms with van der Waals surface area (Å²) >= 11 is 1.97. The molecule has 2 N–H and O–H groups in total. The van der Waals surface area contributed by atoms with Gasteiger partial charge in [0.15, 0.2) is 0 Å². The summed E-state index contributed by atoms with van der Waals surface area (Å²) in [5, 5.41) is 5.98. The molecule has 1 fully saturated rings. The fourth-order valence-corrected chi connectivity index (χ4v) is 2.60. The molecule has 4 heteroatoms. The van der Waals surface area contributed by atoms with Gasteiger partial charge in [0.25, 0.3) is 0 Å². The number of carbonyl (C=O) groups excluding carboxylic acids is 1. The van der Waals surface area contributed by atoms with Crippen molar-refractivity contribution in [1.82, 2.24) is 10.6 Å². The van der Waals surface area contributed by atoms with Crippen LogP contribution in [0.3, 0.4) is 0 Å². The van der Waals surface area contributed by atoms with Gasteiger partial charge in [0, 0.05) is 18.8 Å². The van der Waals surface area contributed by atoms with E-state index >= 15 is 0 Å². The van der Waals surface area contributed by atoms with Gasteiger partial charge in [0.2, 0.25) is 5.91 Å². The third-order valence-electron chi connectivity index (χ3n) is 2.29. The van der Waals surface area contributed by atoms with Gasteiger partial charge in [-0.15, -0.1) is 0 Å². The van der Waals surface area contributed by atoms with E-state index in [1.54, 1.807) is 7.05 Å². The maximum Gasteiger partial charge on any atom is 0.236 e. The average Bonchev–Trinajstić information content (AvgIpc) is 2.18. The Morgan fingerprint density at radius 1 is 1.62 bits per heavy atom. The largest absolute Gasteiger partial charge is 0.358 e. The lowest BCUT2D eigenvalue weighted by molar-refractivity contribution is -0.122. The number of carbonyl (C=O) groups is 1. The molecule has 3 nitrogen and oxygen atoms in total. The molecule has 0 saturated carbocycles. The van der Waals surface area contributed by atoms with Crippen LogP contribution in [-0.2, 0) is 4.79 Å². The van der Waals surface area contributed by atoms with Crippen molar-refractivity contribution in [1.29, 1.82) is 0 Å². The molecule has 1 aliphatic heterocycles. The maximum atomic E-state index is 11.2. The van der Waals surface area contributed by atoms with E-state index < -0.39 is 0 Å². The van der Waals surface area contributed by atoms with Crippen molar-refractivity contribution in [2.45, 2.75) is 31.8 Å². The van der Waals surface area contributed by atoms with Crippen LogP contribution in [0.4, 0.5) is 0 Å². The monoisotopic (exact) mass is 202 g/mol. The summed E-state index contributed by atoms with van der Waals surface area (Å²) in [5.41, 5.74) is 0. The zero-order valence-corrected chi connectivity index (χ0v) is 9.12. The van der Waals surface area contributed by atoms with Crippen LogP contribution < -0.4 is 10.6 Å². The zero-order chi connectivity index (χ0) is 9.68. The molecule has 0 aromatic heterocycles. The van der Waals surface area contributed by atoms with Gasteiger partial charge in [-0.2, -0.15) is 11.8 Å². The smallest absolute Gasteiger partial charge is 0.236 e. The van der Waals surface area contributed by atoms with E-state index in [1.165, 1.54) is 18.6 Å². The molecule has 76 valence electrons. The van der Waals surface area contributed by atoms with Crippen molar-refractivity contribution in [2.24, 2.45) is 0 Å². The van der Waals surface area contributed by atoms with Crippen LogP contribution in [-0.4, -0.2) is 36.5 Å². The van der Waals surface area contributed by atoms with E-state index in [-0.39, 0.29) is 11.9 Å². The Morgan fingerprint density at radius 2 is 2.38 bits per heavy atom. The summed E-state index contributed by atoms with van der Waals surface area (Å²) in [6.45, 7) is 1.91. The first-order valence-corrected chi connectivity index (χ1v) is 5.95. The fraction of sp³-hybridized carbons (Fsp3) is 0.889. The van der Waals surface area contributed by atoms with Gasteiger partial charge in [-0.3, -0.25) is 4.79 Å². The SMILES string of the molecule is CNC(=O)[C@@H](C)N[C@H]1CCCSC1. The summed E-state index contributed by atoms with van der Waals surface area (Å²) in [4.78, 5) is 11.2. The van der Waals surface area contributed by atoms with Crippen LogP contribution in [0.5, 0.6) is 0 Å². The van der Waals surface area contributed by atoms with E-state index in [2.05, 4.69) is 10.6 Å². The summed E-state index contributed by atoms with van der Waals surface area (Å²) in [5.74, 6) is 2.49. The molecule has 1 saturated heterocycles. The molecule has 0 unspecified atom stereocenters. The van der Waals surface area contributed by atoms with E-state index in [0.29, 0.717) is 6.04 Å². The second-order valence-electron chi connectivity index (χ2n) is 3.42. The highest BCUT2D eigenvalue weighted by Crippen LogP contribution is 2.17. The van der Waals surface area contributed by atoms with Crippen molar-refractivity contribution < 1.29 is 4.79 Å². The van der Waals surface area contributed by atoms with Crippen LogP contribution in [0, 0.1) is 0 Å². The van der Waals surface area contributed by atoms with Crippen molar-refractivity contribution in [2.75, 3.05) is 18.6 Å². The molecule has 0 aromatic carbocycles. The highest BCUT2D eigenvalue weighted by Gasteiger charge is 2.18. The molecule has 0 aliphatic carbocycles. The predicted molar refractivity (Wildman–Crippen MR) is 57.0 cm³/mol. The highest BCUT2D eigenvalue weighted by atomic mass is 32.2. The van der Waals surface area contributed by atoms with E-state index in [4.69, 9.17) is 0 Å². The van der Waals surface area contributed by atoms with Crippen molar-refractivity contribution in [3.63, 3.8) is 0 Å². The number of amides is 1. The minimum Gasteiger partial charge on any atom is -0.358 e. The second kappa shape index (κ2) is 5.50. The minimum atomic E-state index is -0.0614. The van der Waals surface area contributed by atoms with Crippen LogP contribution in [0.25, 0.3) is 0 Å². The van der Waals surface area contributed by atoms with Crippen LogP contribution in [0.15, 0.2) is 0 Å². The Kier molecular flexibility index (Phi) is 4.59. The number of thioether (sulfide) groups is 1. The lowest BCUT2D eigenvalue weighted by Gasteiger charge is -2.25. The predicted octanol–water partition coefficient (Wildman–Crippen LogP) is 0.606. The molecule has 0 bridgehead atoms. The molecule has 1 heterocycles. The first-order chi connectivity index (χ1) is 6.24. The van der Waals surface area contributed by atoms with Crippen molar-refractivity contribution >= 4 is 17.7 Å². The molecule has 1 aliphatic rings. The summed E-state index contributed by atoms with van der Waals surface area (Å²) < 4.78 is 0. The quantitative estimate of drug-likeness (QED) is 0.704. The molecule has 0 radical (unpaired) electrons. The summed E-state index contributed by atoms with van der Waals surface area (Å²) in [6, 6.07) is 0.458. The van der Waals surface area contributed by atoms with Gasteiger partial charge in [-0.25, -0.2) is 0 Å². The number of hydrogen-bond acceptors (Lipinski definition) is 3. The lowest BCUT2D eigenvalue weighted by Crippen LogP contribution is -2.47. The fourth-order valence-electron chi connectivity index (χ4n) is 1.52. The van der Waals surface area contributed by atoms with E-state index in [0.717, 1.165) is 5.75 Å². The topological polar surface area (TPSA) is 41.1 Å². The Morgan fingerprint density at radius 3 is 2.92 bits per heavy atom. The summed E-state index contributed by atoms with van der Waals surface area (Å²) in [7, 11) is 1.68. The van der Waals surface area contributed by atoms with Crippen LogP contribution >= 0.6 is 11.8 Å². The number of rotatable bonds is 3. The molecule has 0 aromatic rings. The molecule has 2 atom stereocenters. The first-order valence-electron chi connectivity index (χ1n) is 4.79. The molecular formula is C9H18N2OS. The Bertz CT molecular complexity index is 169. The van der Waals surface area contributed by atoms with Gasteiger partial charge in [0.1, 0.15) is 0 Å².